The van der Waals surface area contributed by atoms with Crippen molar-refractivity contribution in [3.05, 3.63) is 0 Å². The van der Waals surface area contributed by atoms with Gasteiger partial charge >= 0.3 is 0 Å². The van der Waals surface area contributed by atoms with Gasteiger partial charge in [0.25, 0.3) is 0 Å². The topological polar surface area (TPSA) is 46.2 Å². The van der Waals surface area contributed by atoms with E-state index in [1.165, 1.54) is 31.9 Å². The van der Waals surface area contributed by atoms with Gasteiger partial charge in [0.15, 0.2) is 0 Å². The minimum Gasteiger partial charge on any atom is -0.314 e. The first-order valence-electron chi connectivity index (χ1n) is 4.99. The van der Waals surface area contributed by atoms with E-state index < -0.39 is 9.84 Å². The van der Waals surface area contributed by atoms with E-state index >= 15 is 0 Å². The monoisotopic (exact) mass is 205 g/mol. The molecule has 3 nitrogen and oxygen atoms in total. The summed E-state index contributed by atoms with van der Waals surface area (Å²) in [5, 5.41) is 3.39. The summed E-state index contributed by atoms with van der Waals surface area (Å²) in [6.45, 7) is 0.845. The molecule has 0 heterocycles. The number of nitrogens with one attached hydrogen (secondary N) is 1. The molecule has 4 heteroatoms. The van der Waals surface area contributed by atoms with Crippen molar-refractivity contribution in [3.8, 4) is 0 Å². The van der Waals surface area contributed by atoms with Gasteiger partial charge in [0, 0.05) is 12.3 Å². The van der Waals surface area contributed by atoms with Crippen molar-refractivity contribution in [2.45, 2.75) is 38.1 Å². The Labute approximate surface area is 80.8 Å². The molecule has 1 saturated carbocycles. The molecular weight excluding hydrogens is 186 g/mol. The molecule has 1 fully saturated rings. The van der Waals surface area contributed by atoms with Crippen molar-refractivity contribution in [1.29, 1.82) is 0 Å². The minimum absolute atomic E-state index is 0.312. The van der Waals surface area contributed by atoms with Gasteiger partial charge in [-0.25, -0.2) is 8.42 Å². The third-order valence-corrected chi connectivity index (χ3v) is 3.51. The van der Waals surface area contributed by atoms with Gasteiger partial charge in [-0.2, -0.15) is 0 Å². The van der Waals surface area contributed by atoms with E-state index in [4.69, 9.17) is 0 Å². The molecule has 13 heavy (non-hydrogen) atoms. The molecule has 0 saturated heterocycles. The van der Waals surface area contributed by atoms with Gasteiger partial charge in [-0.15, -0.1) is 0 Å². The van der Waals surface area contributed by atoms with E-state index in [9.17, 15) is 8.42 Å². The fourth-order valence-corrected chi connectivity index (χ4v) is 2.44. The van der Waals surface area contributed by atoms with Gasteiger partial charge in [-0.3, -0.25) is 0 Å². The molecule has 0 aliphatic heterocycles. The van der Waals surface area contributed by atoms with Gasteiger partial charge in [-0.1, -0.05) is 12.8 Å². The van der Waals surface area contributed by atoms with Gasteiger partial charge in [0.2, 0.25) is 0 Å². The average Bonchev–Trinajstić information content (AvgIpc) is 2.48. The maximum atomic E-state index is 10.8. The summed E-state index contributed by atoms with van der Waals surface area (Å²) in [5.74, 6) is 0.312. The fraction of sp³-hybridized carbons (Fsp3) is 1.00. The number of hydrogen-bond donors (Lipinski definition) is 1. The minimum atomic E-state index is -2.76. The van der Waals surface area contributed by atoms with E-state index in [1.807, 2.05) is 0 Å². The number of rotatable bonds is 5. The molecule has 0 spiro atoms. The summed E-state index contributed by atoms with van der Waals surface area (Å²) in [7, 11) is -2.76. The van der Waals surface area contributed by atoms with Crippen LogP contribution in [0, 0.1) is 0 Å². The molecule has 0 radical (unpaired) electrons. The Hall–Kier alpha value is -0.0900. The summed E-state index contributed by atoms with van der Waals surface area (Å²) < 4.78 is 21.6. The largest absolute Gasteiger partial charge is 0.314 e. The lowest BCUT2D eigenvalue weighted by Gasteiger charge is -2.10. The Balaban J connectivity index is 2.01. The zero-order chi connectivity index (χ0) is 9.73. The van der Waals surface area contributed by atoms with Crippen LogP contribution in [0.25, 0.3) is 0 Å². The third kappa shape index (κ3) is 5.26. The summed E-state index contributed by atoms with van der Waals surface area (Å²) in [5.41, 5.74) is 0. The van der Waals surface area contributed by atoms with Crippen LogP contribution < -0.4 is 5.32 Å². The molecule has 0 aromatic rings. The Kier molecular flexibility index (Phi) is 4.19. The van der Waals surface area contributed by atoms with E-state index in [2.05, 4.69) is 5.32 Å². The van der Waals surface area contributed by atoms with Crippen LogP contribution in [0.2, 0.25) is 0 Å². The maximum absolute atomic E-state index is 10.8. The quantitative estimate of drug-likeness (QED) is 0.680. The highest BCUT2D eigenvalue weighted by molar-refractivity contribution is 7.90. The number of hydrogen-bond acceptors (Lipinski definition) is 3. The molecular formula is C9H19NO2S. The molecule has 0 aromatic heterocycles. The second-order valence-corrected chi connectivity index (χ2v) is 6.18. The molecule has 0 unspecified atom stereocenters. The van der Waals surface area contributed by atoms with E-state index in [-0.39, 0.29) is 0 Å². The van der Waals surface area contributed by atoms with Crippen LogP contribution in [0.3, 0.4) is 0 Å². The third-order valence-electron chi connectivity index (χ3n) is 2.48. The van der Waals surface area contributed by atoms with E-state index in [1.54, 1.807) is 0 Å². The molecule has 0 bridgehead atoms. The molecule has 78 valence electrons. The molecule has 1 rings (SSSR count). The highest BCUT2D eigenvalue weighted by atomic mass is 32.2. The van der Waals surface area contributed by atoms with Crippen molar-refractivity contribution < 1.29 is 8.42 Å². The molecule has 1 aliphatic rings. The molecule has 0 aromatic carbocycles. The molecule has 1 aliphatic carbocycles. The fourth-order valence-electron chi connectivity index (χ4n) is 1.77. The molecule has 0 atom stereocenters. The van der Waals surface area contributed by atoms with Crippen molar-refractivity contribution in [1.82, 2.24) is 5.32 Å². The molecule has 0 amide bonds. The van der Waals surface area contributed by atoms with Crippen LogP contribution in [0.5, 0.6) is 0 Å². The van der Waals surface area contributed by atoms with Crippen molar-refractivity contribution >= 4 is 9.84 Å². The van der Waals surface area contributed by atoms with Crippen LogP contribution in [-0.2, 0) is 9.84 Å². The molecule has 1 N–H and O–H groups in total. The lowest BCUT2D eigenvalue weighted by atomic mass is 10.2. The smallest absolute Gasteiger partial charge is 0.147 e. The van der Waals surface area contributed by atoms with Crippen molar-refractivity contribution in [3.63, 3.8) is 0 Å². The number of sulfone groups is 1. The zero-order valence-electron chi connectivity index (χ0n) is 8.25. The average molecular weight is 205 g/mol. The second kappa shape index (κ2) is 4.96. The lowest BCUT2D eigenvalue weighted by Crippen LogP contribution is -2.28. The Morgan fingerprint density at radius 2 is 1.92 bits per heavy atom. The van der Waals surface area contributed by atoms with Gasteiger partial charge in [0.05, 0.1) is 5.75 Å². The first kappa shape index (κ1) is 11.0. The van der Waals surface area contributed by atoms with Crippen LogP contribution >= 0.6 is 0 Å². The predicted octanol–water partition coefficient (Wildman–Crippen LogP) is 0.953. The predicted molar refractivity (Wildman–Crippen MR) is 54.6 cm³/mol. The highest BCUT2D eigenvalue weighted by Crippen LogP contribution is 2.17. The first-order chi connectivity index (χ1) is 6.08. The summed E-state index contributed by atoms with van der Waals surface area (Å²) in [4.78, 5) is 0. The van der Waals surface area contributed by atoms with Crippen molar-refractivity contribution in [2.24, 2.45) is 0 Å². The zero-order valence-corrected chi connectivity index (χ0v) is 9.07. The standard InChI is InChI=1S/C9H19NO2S/c1-13(11,12)8-4-7-10-9-5-2-3-6-9/h9-10H,2-8H2,1H3. The van der Waals surface area contributed by atoms with Crippen molar-refractivity contribution in [2.75, 3.05) is 18.6 Å². The lowest BCUT2D eigenvalue weighted by molar-refractivity contribution is 0.521. The van der Waals surface area contributed by atoms with Crippen LogP contribution in [0.4, 0.5) is 0 Å². The Bertz CT molecular complexity index is 230. The first-order valence-corrected chi connectivity index (χ1v) is 7.05. The summed E-state index contributed by atoms with van der Waals surface area (Å²) in [6.07, 6.45) is 7.21. The van der Waals surface area contributed by atoms with Crippen LogP contribution in [-0.4, -0.2) is 33.0 Å². The maximum Gasteiger partial charge on any atom is 0.147 e. The van der Waals surface area contributed by atoms with Gasteiger partial charge < -0.3 is 5.32 Å². The van der Waals surface area contributed by atoms with Crippen LogP contribution in [0.1, 0.15) is 32.1 Å². The van der Waals surface area contributed by atoms with Gasteiger partial charge in [-0.05, 0) is 25.8 Å². The SMILES string of the molecule is CS(=O)(=O)CCCNC1CCCC1. The normalized spacial score (nSPS) is 19.5. The highest BCUT2D eigenvalue weighted by Gasteiger charge is 2.13. The van der Waals surface area contributed by atoms with Gasteiger partial charge in [0.1, 0.15) is 9.84 Å². The summed E-state index contributed by atoms with van der Waals surface area (Å²) in [6, 6.07) is 0.652. The Morgan fingerprint density at radius 1 is 1.31 bits per heavy atom. The Morgan fingerprint density at radius 3 is 2.46 bits per heavy atom. The second-order valence-electron chi connectivity index (χ2n) is 3.92. The van der Waals surface area contributed by atoms with E-state index in [0.717, 1.165) is 13.0 Å². The van der Waals surface area contributed by atoms with E-state index in [0.29, 0.717) is 11.8 Å². The summed E-state index contributed by atoms with van der Waals surface area (Å²) >= 11 is 0. The van der Waals surface area contributed by atoms with Crippen LogP contribution in [0.15, 0.2) is 0 Å².